The van der Waals surface area contributed by atoms with E-state index in [9.17, 15) is 15.0 Å². The van der Waals surface area contributed by atoms with E-state index >= 15 is 0 Å². The van der Waals surface area contributed by atoms with E-state index in [1.165, 1.54) is 19.3 Å². The number of aliphatic hydroxyl groups is 2. The van der Waals surface area contributed by atoms with Gasteiger partial charge in [-0.15, -0.1) is 0 Å². The molecular formula is C16H29NO3. The van der Waals surface area contributed by atoms with Gasteiger partial charge in [-0.25, -0.2) is 0 Å². The molecule has 4 nitrogen and oxygen atoms in total. The van der Waals surface area contributed by atoms with Crippen LogP contribution >= 0.6 is 0 Å². The minimum Gasteiger partial charge on any atom is -0.358 e. The second-order valence-corrected chi connectivity index (χ2v) is 6.26. The van der Waals surface area contributed by atoms with Gasteiger partial charge in [0.25, 0.3) is 5.91 Å². The molecule has 0 spiro atoms. The highest BCUT2D eigenvalue weighted by atomic mass is 16.5. The van der Waals surface area contributed by atoms with Gasteiger partial charge in [-0.3, -0.25) is 4.79 Å². The third kappa shape index (κ3) is 4.32. The number of unbranched alkanes of at least 4 members (excludes halogenated alkanes) is 3. The monoisotopic (exact) mass is 283 g/mol. The van der Waals surface area contributed by atoms with E-state index in [1.54, 1.807) is 6.20 Å². The van der Waals surface area contributed by atoms with Crippen molar-refractivity contribution < 1.29 is 15.0 Å². The van der Waals surface area contributed by atoms with Gasteiger partial charge in [0.05, 0.1) is 0 Å². The first-order chi connectivity index (χ1) is 9.35. The minimum absolute atomic E-state index is 0.0170. The highest BCUT2D eigenvalue weighted by Gasteiger charge is 2.41. The summed E-state index contributed by atoms with van der Waals surface area (Å²) in [5.41, 5.74) is 0.882. The standard InChI is InChI=1S/C16H29NO3/c1-4-6-7-8-10-15(3,9-5-2)13-11-16(19,20)14(18)17-12-13/h12,19-20H,4-11H2,1-3H3,(H,17,18). The summed E-state index contributed by atoms with van der Waals surface area (Å²) in [5.74, 6) is -2.99. The van der Waals surface area contributed by atoms with Crippen LogP contribution in [-0.4, -0.2) is 21.9 Å². The molecule has 0 aromatic carbocycles. The van der Waals surface area contributed by atoms with Crippen molar-refractivity contribution in [2.75, 3.05) is 0 Å². The molecule has 0 radical (unpaired) electrons. The van der Waals surface area contributed by atoms with Crippen molar-refractivity contribution in [3.8, 4) is 0 Å². The molecule has 1 unspecified atom stereocenters. The topological polar surface area (TPSA) is 69.6 Å². The van der Waals surface area contributed by atoms with Crippen LogP contribution < -0.4 is 5.32 Å². The summed E-state index contributed by atoms with van der Waals surface area (Å²) in [6.07, 6.45) is 9.56. The summed E-state index contributed by atoms with van der Waals surface area (Å²) in [4.78, 5) is 11.4. The molecule has 0 saturated carbocycles. The van der Waals surface area contributed by atoms with Crippen molar-refractivity contribution in [2.24, 2.45) is 5.41 Å². The minimum atomic E-state index is -2.26. The Balaban J connectivity index is 2.76. The molecule has 3 N–H and O–H groups in total. The Bertz CT molecular complexity index is 363. The van der Waals surface area contributed by atoms with Crippen molar-refractivity contribution >= 4 is 5.91 Å². The largest absolute Gasteiger partial charge is 0.358 e. The highest BCUT2D eigenvalue weighted by molar-refractivity contribution is 5.85. The zero-order valence-electron chi connectivity index (χ0n) is 13.0. The fourth-order valence-corrected chi connectivity index (χ4v) is 2.99. The van der Waals surface area contributed by atoms with Gasteiger partial charge >= 0.3 is 0 Å². The molecule has 1 rings (SSSR count). The van der Waals surface area contributed by atoms with Crippen LogP contribution in [0, 0.1) is 5.41 Å². The van der Waals surface area contributed by atoms with Gasteiger partial charge in [-0.1, -0.05) is 52.9 Å². The molecule has 0 bridgehead atoms. The van der Waals surface area contributed by atoms with E-state index in [2.05, 4.69) is 26.1 Å². The molecular weight excluding hydrogens is 254 g/mol. The van der Waals surface area contributed by atoms with Crippen molar-refractivity contribution in [3.05, 3.63) is 11.8 Å². The Morgan fingerprint density at radius 2 is 1.90 bits per heavy atom. The number of hydrogen-bond acceptors (Lipinski definition) is 3. The van der Waals surface area contributed by atoms with Crippen molar-refractivity contribution in [2.45, 2.75) is 77.9 Å². The zero-order chi connectivity index (χ0) is 15.2. The molecule has 20 heavy (non-hydrogen) atoms. The maximum absolute atomic E-state index is 11.4. The lowest BCUT2D eigenvalue weighted by molar-refractivity contribution is -0.186. The number of rotatable bonds is 8. The molecule has 1 aliphatic heterocycles. The summed E-state index contributed by atoms with van der Waals surface area (Å²) in [6.45, 7) is 6.50. The summed E-state index contributed by atoms with van der Waals surface area (Å²) in [5, 5.41) is 22.0. The highest BCUT2D eigenvalue weighted by Crippen LogP contribution is 2.42. The van der Waals surface area contributed by atoms with Crippen LogP contribution in [0.4, 0.5) is 0 Å². The van der Waals surface area contributed by atoms with Gasteiger partial charge in [0.1, 0.15) is 0 Å². The van der Waals surface area contributed by atoms with Gasteiger partial charge in [0, 0.05) is 12.6 Å². The summed E-state index contributed by atoms with van der Waals surface area (Å²) in [6, 6.07) is 0. The van der Waals surface area contributed by atoms with Gasteiger partial charge in [-0.05, 0) is 23.8 Å². The predicted octanol–water partition coefficient (Wildman–Crippen LogP) is 2.85. The van der Waals surface area contributed by atoms with Gasteiger partial charge in [0.2, 0.25) is 5.79 Å². The van der Waals surface area contributed by atoms with E-state index in [0.717, 1.165) is 31.3 Å². The van der Waals surface area contributed by atoms with Crippen molar-refractivity contribution in [3.63, 3.8) is 0 Å². The summed E-state index contributed by atoms with van der Waals surface area (Å²) >= 11 is 0. The summed E-state index contributed by atoms with van der Waals surface area (Å²) in [7, 11) is 0. The van der Waals surface area contributed by atoms with Crippen LogP contribution in [0.25, 0.3) is 0 Å². The maximum Gasteiger partial charge on any atom is 0.284 e. The molecule has 1 aliphatic rings. The molecule has 1 heterocycles. The molecule has 0 saturated heterocycles. The van der Waals surface area contributed by atoms with Crippen molar-refractivity contribution in [1.82, 2.24) is 5.32 Å². The molecule has 1 atom stereocenters. The van der Waals surface area contributed by atoms with Crippen LogP contribution in [0.15, 0.2) is 11.8 Å². The average molecular weight is 283 g/mol. The normalized spacial score (nSPS) is 21.1. The van der Waals surface area contributed by atoms with Crippen LogP contribution in [0.3, 0.4) is 0 Å². The first-order valence-electron chi connectivity index (χ1n) is 7.81. The number of nitrogens with one attached hydrogen (secondary N) is 1. The number of amides is 1. The van der Waals surface area contributed by atoms with Gasteiger partial charge in [-0.2, -0.15) is 0 Å². The number of carbonyl (C=O) groups excluding carboxylic acids is 1. The second-order valence-electron chi connectivity index (χ2n) is 6.26. The van der Waals surface area contributed by atoms with Gasteiger partial charge < -0.3 is 15.5 Å². The van der Waals surface area contributed by atoms with E-state index in [1.807, 2.05) is 0 Å². The molecule has 0 aromatic heterocycles. The van der Waals surface area contributed by atoms with E-state index in [-0.39, 0.29) is 11.8 Å². The number of carbonyl (C=O) groups is 1. The lowest BCUT2D eigenvalue weighted by atomic mass is 9.71. The quantitative estimate of drug-likeness (QED) is 0.474. The summed E-state index contributed by atoms with van der Waals surface area (Å²) < 4.78 is 0. The van der Waals surface area contributed by atoms with E-state index in [0.29, 0.717) is 0 Å². The molecule has 0 fully saturated rings. The van der Waals surface area contributed by atoms with E-state index < -0.39 is 11.7 Å². The average Bonchev–Trinajstić information content (AvgIpc) is 2.38. The smallest absolute Gasteiger partial charge is 0.284 e. The lowest BCUT2D eigenvalue weighted by Gasteiger charge is -2.37. The maximum atomic E-state index is 11.4. The Labute approximate surface area is 122 Å². The Hall–Kier alpha value is -0.870. The van der Waals surface area contributed by atoms with Gasteiger partial charge in [0.15, 0.2) is 0 Å². The Morgan fingerprint density at radius 3 is 2.45 bits per heavy atom. The SMILES string of the molecule is CCCCCCC(C)(CCC)C1=CNC(=O)C(O)(O)C1. The third-order valence-electron chi connectivity index (χ3n) is 4.34. The second kappa shape index (κ2) is 7.23. The molecule has 1 amide bonds. The predicted molar refractivity (Wildman–Crippen MR) is 79.8 cm³/mol. The molecule has 4 heteroatoms. The molecule has 0 aliphatic carbocycles. The van der Waals surface area contributed by atoms with Crippen LogP contribution in [0.1, 0.15) is 72.1 Å². The lowest BCUT2D eigenvalue weighted by Crippen LogP contribution is -2.49. The van der Waals surface area contributed by atoms with Crippen molar-refractivity contribution in [1.29, 1.82) is 0 Å². The zero-order valence-corrected chi connectivity index (χ0v) is 13.0. The van der Waals surface area contributed by atoms with Crippen LogP contribution in [-0.2, 0) is 4.79 Å². The van der Waals surface area contributed by atoms with E-state index in [4.69, 9.17) is 0 Å². The first-order valence-corrected chi connectivity index (χ1v) is 7.81. The Kier molecular flexibility index (Phi) is 6.21. The molecule has 0 aromatic rings. The number of hydrogen-bond donors (Lipinski definition) is 3. The molecule has 116 valence electrons. The van der Waals surface area contributed by atoms with Crippen LogP contribution in [0.2, 0.25) is 0 Å². The third-order valence-corrected chi connectivity index (χ3v) is 4.34. The fourth-order valence-electron chi connectivity index (χ4n) is 2.99. The van der Waals surface area contributed by atoms with Crippen LogP contribution in [0.5, 0.6) is 0 Å². The Morgan fingerprint density at radius 1 is 1.20 bits per heavy atom. The first kappa shape index (κ1) is 17.2. The fraction of sp³-hybridized carbons (Fsp3) is 0.812.